The molecule has 0 spiro atoms. The molecule has 1 N–H and O–H groups in total. The zero-order valence-electron chi connectivity index (χ0n) is 42.7. The molecule has 3 unspecified atom stereocenters. The Labute approximate surface area is 400 Å². The van der Waals surface area contributed by atoms with Crippen LogP contribution in [0, 0.1) is 0 Å². The van der Waals surface area contributed by atoms with E-state index in [4.69, 9.17) is 13.8 Å². The predicted molar refractivity (Wildman–Crippen MR) is 275 cm³/mol. The van der Waals surface area contributed by atoms with Crippen LogP contribution in [0.4, 0.5) is 0 Å². The Kier molecular flexibility index (Phi) is 43.5. The molecule has 0 aliphatic heterocycles. The first-order valence-electron chi connectivity index (χ1n) is 26.3. The molecular formula is C55H99N2O7P. The van der Waals surface area contributed by atoms with Gasteiger partial charge in [0.1, 0.15) is 19.3 Å². The Balaban J connectivity index is 5.47. The number of quaternary nitrogens is 1. The van der Waals surface area contributed by atoms with E-state index < -0.39 is 26.6 Å². The summed E-state index contributed by atoms with van der Waals surface area (Å²) in [6.45, 7) is 6.56. The molecule has 0 saturated carbocycles. The van der Waals surface area contributed by atoms with Crippen molar-refractivity contribution in [2.75, 3.05) is 40.9 Å². The number of carbonyl (C=O) groups excluding carboxylic acids is 2. The van der Waals surface area contributed by atoms with Crippen LogP contribution in [0.15, 0.2) is 72.9 Å². The number of hydrogen-bond donors (Lipinski definition) is 1. The third-order valence-electron chi connectivity index (χ3n) is 11.2. The lowest BCUT2D eigenvalue weighted by molar-refractivity contribution is -0.870. The molecule has 0 saturated heterocycles. The molecule has 0 rings (SSSR count). The topological polar surface area (TPSA) is 114 Å². The van der Waals surface area contributed by atoms with Gasteiger partial charge in [0.05, 0.1) is 33.8 Å². The van der Waals surface area contributed by atoms with Crippen molar-refractivity contribution in [2.24, 2.45) is 0 Å². The van der Waals surface area contributed by atoms with E-state index in [1.54, 1.807) is 0 Å². The molecule has 0 heterocycles. The van der Waals surface area contributed by atoms with Gasteiger partial charge in [-0.25, -0.2) is 0 Å². The fourth-order valence-electron chi connectivity index (χ4n) is 7.15. The average Bonchev–Trinajstić information content (AvgIpc) is 3.26. The van der Waals surface area contributed by atoms with Gasteiger partial charge < -0.3 is 28.5 Å². The predicted octanol–water partition coefficient (Wildman–Crippen LogP) is 14.7. The fourth-order valence-corrected chi connectivity index (χ4v) is 7.87. The van der Waals surface area contributed by atoms with Crippen LogP contribution in [0.3, 0.4) is 0 Å². The number of esters is 1. The number of carbonyl (C=O) groups is 2. The number of nitrogens with one attached hydrogen (secondary N) is 1. The van der Waals surface area contributed by atoms with E-state index in [9.17, 15) is 19.0 Å². The Morgan fingerprint density at radius 1 is 0.569 bits per heavy atom. The quantitative estimate of drug-likeness (QED) is 0.0161. The molecule has 0 radical (unpaired) electrons. The molecule has 0 aliphatic carbocycles. The summed E-state index contributed by atoms with van der Waals surface area (Å²) in [7, 11) is 1.16. The standard InChI is InChI=1S/C55H99N2O7P/c1-7-10-13-16-19-22-25-28-30-32-35-38-41-44-47-54(58)56-52(51-63-65(60,61)62-50-49-57(4,5)6)53(46-43-40-37-34-31-27-24-21-18-15-12-9-3)64-55(59)48-45-42-39-36-33-29-26-23-20-17-14-11-8-2/h10-11,13-14,17,19-20,22-23,26,43,46,52-53H,7-9,12,15-16,18,21,24-25,27-42,44-45,47-51H2,1-6H3,(H-,56,58,60,61)/b13-10+,14-11+,20-17+,22-19+,26-23-,46-43+. The maximum absolute atomic E-state index is 13.4. The highest BCUT2D eigenvalue weighted by atomic mass is 31.2. The first kappa shape index (κ1) is 62.4. The van der Waals surface area contributed by atoms with Crippen molar-refractivity contribution in [2.45, 2.75) is 226 Å². The highest BCUT2D eigenvalue weighted by Crippen LogP contribution is 2.38. The third-order valence-corrected chi connectivity index (χ3v) is 12.2. The third kappa shape index (κ3) is 46.4. The Hall–Kier alpha value is -2.55. The molecule has 9 nitrogen and oxygen atoms in total. The van der Waals surface area contributed by atoms with Crippen LogP contribution in [-0.4, -0.2) is 69.4 Å². The van der Waals surface area contributed by atoms with Gasteiger partial charge in [0.2, 0.25) is 5.91 Å². The lowest BCUT2D eigenvalue weighted by Gasteiger charge is -2.30. The summed E-state index contributed by atoms with van der Waals surface area (Å²) >= 11 is 0. The van der Waals surface area contributed by atoms with E-state index in [1.165, 1.54) is 70.6 Å². The fraction of sp³-hybridized carbons (Fsp3) is 0.745. The van der Waals surface area contributed by atoms with E-state index >= 15 is 0 Å². The molecule has 0 bridgehead atoms. The highest BCUT2D eigenvalue weighted by Gasteiger charge is 2.27. The minimum absolute atomic E-state index is 0.0303. The van der Waals surface area contributed by atoms with Crippen molar-refractivity contribution in [1.29, 1.82) is 0 Å². The number of rotatable bonds is 46. The Bertz CT molecular complexity index is 1350. The van der Waals surface area contributed by atoms with Crippen LogP contribution < -0.4 is 10.2 Å². The zero-order valence-corrected chi connectivity index (χ0v) is 43.6. The summed E-state index contributed by atoms with van der Waals surface area (Å²) in [5.74, 6) is -0.580. The molecule has 3 atom stereocenters. The summed E-state index contributed by atoms with van der Waals surface area (Å²) in [6, 6.07) is -0.901. The molecule has 0 aromatic carbocycles. The van der Waals surface area contributed by atoms with E-state index in [2.05, 4.69) is 80.8 Å². The number of unbranched alkanes of at least 4 members (excludes halogenated alkanes) is 22. The van der Waals surface area contributed by atoms with E-state index in [0.717, 1.165) is 103 Å². The van der Waals surface area contributed by atoms with Gasteiger partial charge in [-0.05, 0) is 76.7 Å². The van der Waals surface area contributed by atoms with Crippen molar-refractivity contribution in [1.82, 2.24) is 5.32 Å². The number of hydrogen-bond acceptors (Lipinski definition) is 7. The van der Waals surface area contributed by atoms with Gasteiger partial charge in [-0.2, -0.15) is 0 Å². The largest absolute Gasteiger partial charge is 0.756 e. The van der Waals surface area contributed by atoms with Gasteiger partial charge in [0.15, 0.2) is 0 Å². The molecule has 65 heavy (non-hydrogen) atoms. The molecule has 0 aliphatic rings. The van der Waals surface area contributed by atoms with Gasteiger partial charge in [-0.15, -0.1) is 0 Å². The second-order valence-corrected chi connectivity index (χ2v) is 20.1. The lowest BCUT2D eigenvalue weighted by Crippen LogP contribution is -2.47. The first-order valence-corrected chi connectivity index (χ1v) is 27.7. The van der Waals surface area contributed by atoms with Crippen molar-refractivity contribution in [3.05, 3.63) is 72.9 Å². The Morgan fingerprint density at radius 2 is 1.06 bits per heavy atom. The number of nitrogens with zero attached hydrogens (tertiary/aromatic N) is 1. The number of likely N-dealkylation sites (N-methyl/N-ethyl adjacent to an activating group) is 1. The minimum atomic E-state index is -4.70. The highest BCUT2D eigenvalue weighted by molar-refractivity contribution is 7.45. The molecule has 0 fully saturated rings. The molecule has 0 aromatic heterocycles. The van der Waals surface area contributed by atoms with E-state index in [0.29, 0.717) is 23.9 Å². The van der Waals surface area contributed by atoms with Gasteiger partial charge in [-0.1, -0.05) is 197 Å². The summed E-state index contributed by atoms with van der Waals surface area (Å²) < 4.78 is 30.1. The van der Waals surface area contributed by atoms with Crippen LogP contribution in [0.5, 0.6) is 0 Å². The number of phosphoric acid groups is 1. The van der Waals surface area contributed by atoms with Crippen LogP contribution in [0.2, 0.25) is 0 Å². The summed E-state index contributed by atoms with van der Waals surface area (Å²) in [5, 5.41) is 3.00. The molecule has 0 aromatic rings. The Morgan fingerprint density at radius 3 is 1.63 bits per heavy atom. The van der Waals surface area contributed by atoms with Crippen molar-refractivity contribution in [3.8, 4) is 0 Å². The van der Waals surface area contributed by atoms with Gasteiger partial charge in [0.25, 0.3) is 7.82 Å². The maximum atomic E-state index is 13.4. The number of amides is 1. The monoisotopic (exact) mass is 931 g/mol. The lowest BCUT2D eigenvalue weighted by atomic mass is 10.0. The normalized spacial score (nSPS) is 14.5. The number of phosphoric ester groups is 1. The SMILES string of the molecule is CC/C=C/C=C/C=C\CCCCCCCC(=O)OC(/C=C/CCCCCCCCCCCC)C(COP(=O)([O-])OCC[N+](C)(C)C)NC(=O)CCCCCCCCC/C=C/C/C=C/CC. The van der Waals surface area contributed by atoms with Crippen molar-refractivity contribution < 1.29 is 37.3 Å². The summed E-state index contributed by atoms with van der Waals surface area (Å²) in [5.41, 5.74) is 0. The molecule has 10 heteroatoms. The van der Waals surface area contributed by atoms with Crippen LogP contribution in [0.1, 0.15) is 213 Å². The van der Waals surface area contributed by atoms with E-state index in [-0.39, 0.29) is 24.9 Å². The number of allylic oxidation sites excluding steroid dienone is 11. The molecule has 1 amide bonds. The van der Waals surface area contributed by atoms with E-state index in [1.807, 2.05) is 39.4 Å². The van der Waals surface area contributed by atoms with Gasteiger partial charge in [0, 0.05) is 12.8 Å². The van der Waals surface area contributed by atoms with Gasteiger partial charge in [-0.3, -0.25) is 14.2 Å². The second kappa shape index (κ2) is 45.2. The van der Waals surface area contributed by atoms with Crippen molar-refractivity contribution >= 4 is 19.7 Å². The minimum Gasteiger partial charge on any atom is -0.756 e. The first-order chi connectivity index (χ1) is 31.4. The maximum Gasteiger partial charge on any atom is 0.306 e. The summed E-state index contributed by atoms with van der Waals surface area (Å²) in [6.07, 6.45) is 55.8. The summed E-state index contributed by atoms with van der Waals surface area (Å²) in [4.78, 5) is 39.7. The van der Waals surface area contributed by atoms with Crippen LogP contribution in [-0.2, 0) is 27.9 Å². The second-order valence-electron chi connectivity index (χ2n) is 18.7. The zero-order chi connectivity index (χ0) is 48.0. The molecule has 376 valence electrons. The molecular weight excluding hydrogens is 832 g/mol. The smallest absolute Gasteiger partial charge is 0.306 e. The average molecular weight is 931 g/mol. The van der Waals surface area contributed by atoms with Gasteiger partial charge >= 0.3 is 5.97 Å². The number of ether oxygens (including phenoxy) is 1. The van der Waals surface area contributed by atoms with Crippen molar-refractivity contribution in [3.63, 3.8) is 0 Å². The van der Waals surface area contributed by atoms with Crippen LogP contribution in [0.25, 0.3) is 0 Å². The van der Waals surface area contributed by atoms with Crippen LogP contribution >= 0.6 is 7.82 Å².